The molecule has 0 bridgehead atoms. The molecule has 0 fully saturated rings. The molecule has 0 nitrogen and oxygen atoms in total. The van der Waals surface area contributed by atoms with Gasteiger partial charge in [0.25, 0.3) is 0 Å². The number of rotatable bonds is 0. The molecule has 1 aliphatic carbocycles. The van der Waals surface area contributed by atoms with E-state index in [9.17, 15) is 0 Å². The number of benzene rings is 3. The van der Waals surface area contributed by atoms with E-state index in [-0.39, 0.29) is 5.41 Å². The van der Waals surface area contributed by atoms with E-state index >= 15 is 0 Å². The summed E-state index contributed by atoms with van der Waals surface area (Å²) in [6.07, 6.45) is 0. The van der Waals surface area contributed by atoms with Gasteiger partial charge in [-0.1, -0.05) is 62.4 Å². The number of hydrogen-bond donors (Lipinski definition) is 0. The van der Waals surface area contributed by atoms with Gasteiger partial charge in [-0.25, -0.2) is 0 Å². The molecule has 1 aliphatic rings. The monoisotopic (exact) mass is 322 g/mol. The maximum absolute atomic E-state index is 3.85. The van der Waals surface area contributed by atoms with E-state index in [1.54, 1.807) is 0 Å². The van der Waals surface area contributed by atoms with Gasteiger partial charge < -0.3 is 0 Å². The Morgan fingerprint density at radius 2 is 1.55 bits per heavy atom. The number of fused-ring (bicyclic) bond motifs is 4. The average molecular weight is 323 g/mol. The largest absolute Gasteiger partial charge is 0.0619 e. The highest BCUT2D eigenvalue weighted by molar-refractivity contribution is 9.10. The number of hydrogen-bond acceptors (Lipinski definition) is 0. The van der Waals surface area contributed by atoms with E-state index in [0.29, 0.717) is 0 Å². The van der Waals surface area contributed by atoms with Gasteiger partial charge in [-0.05, 0) is 49.5 Å². The van der Waals surface area contributed by atoms with Crippen molar-refractivity contribution in [1.29, 1.82) is 0 Å². The van der Waals surface area contributed by atoms with Crippen LogP contribution in [-0.2, 0) is 5.41 Å². The Labute approximate surface area is 127 Å². The SMILES string of the molecule is CC1(C)c2ccccc2-c2c1cc1ccccc1c2Br. The molecule has 20 heavy (non-hydrogen) atoms. The first-order valence-corrected chi connectivity index (χ1v) is 7.71. The van der Waals surface area contributed by atoms with E-state index in [1.807, 2.05) is 0 Å². The topological polar surface area (TPSA) is 0 Å². The average Bonchev–Trinajstić information content (AvgIpc) is 2.69. The summed E-state index contributed by atoms with van der Waals surface area (Å²) in [6.45, 7) is 4.64. The Bertz CT molecular complexity index is 844. The standard InChI is InChI=1S/C19H15Br/c1-19(2)15-10-6-5-9-14(15)17-16(19)11-12-7-3-4-8-13(12)18(17)20/h3-11H,1-2H3. The molecule has 0 radical (unpaired) electrons. The van der Waals surface area contributed by atoms with Crippen LogP contribution in [0.15, 0.2) is 59.1 Å². The van der Waals surface area contributed by atoms with Crippen molar-refractivity contribution in [3.63, 3.8) is 0 Å². The summed E-state index contributed by atoms with van der Waals surface area (Å²) in [4.78, 5) is 0. The highest BCUT2D eigenvalue weighted by Crippen LogP contribution is 2.52. The van der Waals surface area contributed by atoms with E-state index in [2.05, 4.69) is 84.4 Å². The molecule has 0 N–H and O–H groups in total. The molecule has 4 rings (SSSR count). The van der Waals surface area contributed by atoms with Gasteiger partial charge in [0.05, 0.1) is 0 Å². The van der Waals surface area contributed by atoms with Gasteiger partial charge in [0.2, 0.25) is 0 Å². The van der Waals surface area contributed by atoms with Gasteiger partial charge >= 0.3 is 0 Å². The first-order chi connectivity index (χ1) is 9.60. The Morgan fingerprint density at radius 3 is 2.40 bits per heavy atom. The predicted octanol–water partition coefficient (Wildman–Crippen LogP) is 5.91. The van der Waals surface area contributed by atoms with Gasteiger partial charge in [0.15, 0.2) is 0 Å². The first kappa shape index (κ1) is 12.2. The maximum Gasteiger partial charge on any atom is 0.0335 e. The summed E-state index contributed by atoms with van der Waals surface area (Å²) in [7, 11) is 0. The van der Waals surface area contributed by atoms with Gasteiger partial charge in [-0.2, -0.15) is 0 Å². The van der Waals surface area contributed by atoms with Gasteiger partial charge in [0.1, 0.15) is 0 Å². The molecular weight excluding hydrogens is 308 g/mol. The zero-order chi connectivity index (χ0) is 13.9. The normalized spacial score (nSPS) is 15.2. The second-order valence-corrected chi connectivity index (χ2v) is 6.80. The van der Waals surface area contributed by atoms with Crippen molar-refractivity contribution in [3.8, 4) is 11.1 Å². The molecule has 0 spiro atoms. The quantitative estimate of drug-likeness (QED) is 0.482. The summed E-state index contributed by atoms with van der Waals surface area (Å²) < 4.78 is 1.23. The van der Waals surface area contributed by atoms with Crippen molar-refractivity contribution < 1.29 is 0 Å². The van der Waals surface area contributed by atoms with Crippen LogP contribution in [-0.4, -0.2) is 0 Å². The van der Waals surface area contributed by atoms with Crippen molar-refractivity contribution in [2.24, 2.45) is 0 Å². The van der Waals surface area contributed by atoms with E-state index in [0.717, 1.165) is 0 Å². The van der Waals surface area contributed by atoms with Crippen molar-refractivity contribution in [2.75, 3.05) is 0 Å². The third kappa shape index (κ3) is 1.42. The highest BCUT2D eigenvalue weighted by Gasteiger charge is 2.36. The van der Waals surface area contributed by atoms with E-state index in [1.165, 1.54) is 37.5 Å². The van der Waals surface area contributed by atoms with Crippen LogP contribution in [0.2, 0.25) is 0 Å². The molecule has 0 aromatic heterocycles. The molecule has 98 valence electrons. The van der Waals surface area contributed by atoms with Crippen LogP contribution >= 0.6 is 15.9 Å². The summed E-state index contributed by atoms with van der Waals surface area (Å²) >= 11 is 3.85. The molecule has 0 saturated carbocycles. The van der Waals surface area contributed by atoms with Gasteiger partial charge in [-0.3, -0.25) is 0 Å². The zero-order valence-electron chi connectivity index (χ0n) is 11.6. The van der Waals surface area contributed by atoms with Crippen LogP contribution in [0.3, 0.4) is 0 Å². The molecule has 3 aromatic carbocycles. The maximum atomic E-state index is 3.85. The van der Waals surface area contributed by atoms with Crippen LogP contribution in [0.4, 0.5) is 0 Å². The van der Waals surface area contributed by atoms with Crippen LogP contribution in [0, 0.1) is 0 Å². The lowest BCUT2D eigenvalue weighted by molar-refractivity contribution is 0.661. The number of halogens is 1. The fourth-order valence-electron chi connectivity index (χ4n) is 3.45. The summed E-state index contributed by atoms with van der Waals surface area (Å²) in [5.74, 6) is 0. The fraction of sp³-hybridized carbons (Fsp3) is 0.158. The highest BCUT2D eigenvalue weighted by atomic mass is 79.9. The van der Waals surface area contributed by atoms with Crippen molar-refractivity contribution in [2.45, 2.75) is 19.3 Å². The second-order valence-electron chi connectivity index (χ2n) is 6.00. The third-order valence-electron chi connectivity index (χ3n) is 4.53. The molecule has 0 atom stereocenters. The Morgan fingerprint density at radius 1 is 0.850 bits per heavy atom. The van der Waals surface area contributed by atoms with Gasteiger partial charge in [0, 0.05) is 15.5 Å². The molecule has 0 heterocycles. The Kier molecular flexibility index (Phi) is 2.41. The summed E-state index contributed by atoms with van der Waals surface area (Å²) in [5.41, 5.74) is 5.64. The smallest absolute Gasteiger partial charge is 0.0335 e. The minimum atomic E-state index is 0.0679. The summed E-state index contributed by atoms with van der Waals surface area (Å²) in [6, 6.07) is 19.7. The predicted molar refractivity (Wildman–Crippen MR) is 89.2 cm³/mol. The van der Waals surface area contributed by atoms with E-state index < -0.39 is 0 Å². The fourth-order valence-corrected chi connectivity index (χ4v) is 4.24. The molecule has 0 aliphatic heterocycles. The van der Waals surface area contributed by atoms with Crippen molar-refractivity contribution in [3.05, 3.63) is 70.2 Å². The lowest BCUT2D eigenvalue weighted by Crippen LogP contribution is -2.14. The van der Waals surface area contributed by atoms with Crippen LogP contribution in [0.1, 0.15) is 25.0 Å². The van der Waals surface area contributed by atoms with Crippen LogP contribution < -0.4 is 0 Å². The third-order valence-corrected chi connectivity index (χ3v) is 5.35. The van der Waals surface area contributed by atoms with Crippen LogP contribution in [0.5, 0.6) is 0 Å². The lowest BCUT2D eigenvalue weighted by Gasteiger charge is -2.22. The Balaban J connectivity index is 2.21. The van der Waals surface area contributed by atoms with Crippen LogP contribution in [0.25, 0.3) is 21.9 Å². The summed E-state index contributed by atoms with van der Waals surface area (Å²) in [5, 5.41) is 2.60. The minimum absolute atomic E-state index is 0.0679. The van der Waals surface area contributed by atoms with Crippen molar-refractivity contribution in [1.82, 2.24) is 0 Å². The molecule has 0 saturated heterocycles. The molecular formula is C19H15Br. The Hall–Kier alpha value is -1.60. The minimum Gasteiger partial charge on any atom is -0.0619 e. The lowest BCUT2D eigenvalue weighted by atomic mass is 9.82. The molecule has 0 unspecified atom stereocenters. The van der Waals surface area contributed by atoms with Crippen molar-refractivity contribution >= 4 is 26.7 Å². The molecule has 3 aromatic rings. The second kappa shape index (κ2) is 3.95. The molecule has 1 heteroatoms. The molecule has 0 amide bonds. The van der Waals surface area contributed by atoms with Gasteiger partial charge in [-0.15, -0.1) is 0 Å². The van der Waals surface area contributed by atoms with E-state index in [4.69, 9.17) is 0 Å². The zero-order valence-corrected chi connectivity index (χ0v) is 13.2. The first-order valence-electron chi connectivity index (χ1n) is 6.92.